The van der Waals surface area contributed by atoms with Crippen molar-refractivity contribution in [1.29, 1.82) is 0 Å². The molecule has 0 aliphatic rings. The Labute approximate surface area is 115 Å². The molecule has 1 heterocycles. The molecule has 0 saturated carbocycles. The van der Waals surface area contributed by atoms with Gasteiger partial charge < -0.3 is 10.3 Å². The van der Waals surface area contributed by atoms with E-state index in [1.807, 2.05) is 12.5 Å². The van der Waals surface area contributed by atoms with Crippen LogP contribution in [0.2, 0.25) is 0 Å². The Hall–Kier alpha value is -1.61. The first kappa shape index (κ1) is 13.8. The van der Waals surface area contributed by atoms with E-state index < -0.39 is 0 Å². The molecule has 0 radical (unpaired) electrons. The lowest BCUT2D eigenvalue weighted by molar-refractivity contribution is 0.461. The third kappa shape index (κ3) is 3.24. The molecule has 19 heavy (non-hydrogen) atoms. The summed E-state index contributed by atoms with van der Waals surface area (Å²) in [5.41, 5.74) is 9.57. The van der Waals surface area contributed by atoms with Crippen LogP contribution in [0.5, 0.6) is 0 Å². The molecule has 102 valence electrons. The highest BCUT2D eigenvalue weighted by molar-refractivity contribution is 5.59. The Balaban J connectivity index is 2.27. The number of nitrogens with zero attached hydrogens (tertiary/aromatic N) is 2. The Morgan fingerprint density at radius 2 is 2.00 bits per heavy atom. The Kier molecular flexibility index (Phi) is 4.74. The average Bonchev–Trinajstić information content (AvgIpc) is 2.90. The number of unbranched alkanes of at least 4 members (excludes halogenated alkanes) is 1. The molecule has 0 aliphatic carbocycles. The maximum atomic E-state index is 5.93. The molecule has 0 aliphatic heterocycles. The summed E-state index contributed by atoms with van der Waals surface area (Å²) in [5, 5.41) is 0. The average molecular weight is 257 g/mol. The lowest BCUT2D eigenvalue weighted by atomic mass is 10.1. The van der Waals surface area contributed by atoms with Crippen molar-refractivity contribution in [3.63, 3.8) is 0 Å². The highest BCUT2D eigenvalue weighted by Gasteiger charge is 2.13. The second-order valence-electron chi connectivity index (χ2n) is 5.08. The summed E-state index contributed by atoms with van der Waals surface area (Å²) in [4.78, 5) is 4.31. The minimum absolute atomic E-state index is 0.346. The van der Waals surface area contributed by atoms with Gasteiger partial charge in [-0.15, -0.1) is 0 Å². The topological polar surface area (TPSA) is 43.8 Å². The van der Waals surface area contributed by atoms with Crippen LogP contribution in [0.3, 0.4) is 0 Å². The highest BCUT2D eigenvalue weighted by atomic mass is 15.1. The standard InChI is InChI=1S/C16H23N3/c1-3-4-5-15(10-17)19-12-18-11-16(19)14-8-6-13(2)7-9-14/h6-9,11-12,15H,3-5,10,17H2,1-2H3. The normalized spacial score (nSPS) is 12.6. The fraction of sp³-hybridized carbons (Fsp3) is 0.438. The minimum Gasteiger partial charge on any atom is -0.328 e. The molecule has 1 atom stereocenters. The Bertz CT molecular complexity index is 499. The van der Waals surface area contributed by atoms with Gasteiger partial charge in [-0.1, -0.05) is 49.6 Å². The van der Waals surface area contributed by atoms with Gasteiger partial charge >= 0.3 is 0 Å². The van der Waals surface area contributed by atoms with Gasteiger partial charge in [0.25, 0.3) is 0 Å². The van der Waals surface area contributed by atoms with Gasteiger partial charge in [-0.3, -0.25) is 0 Å². The van der Waals surface area contributed by atoms with E-state index in [-0.39, 0.29) is 0 Å². The number of hydrogen-bond donors (Lipinski definition) is 1. The molecule has 0 bridgehead atoms. The molecule has 3 heteroatoms. The summed E-state index contributed by atoms with van der Waals surface area (Å²) in [5.74, 6) is 0. The van der Waals surface area contributed by atoms with Crippen LogP contribution in [-0.2, 0) is 0 Å². The molecule has 0 amide bonds. The molecule has 3 nitrogen and oxygen atoms in total. The van der Waals surface area contributed by atoms with E-state index in [9.17, 15) is 0 Å². The fourth-order valence-corrected chi connectivity index (χ4v) is 2.35. The SMILES string of the molecule is CCCCC(CN)n1cncc1-c1ccc(C)cc1. The molecular formula is C16H23N3. The van der Waals surface area contributed by atoms with Crippen LogP contribution in [0.1, 0.15) is 37.8 Å². The van der Waals surface area contributed by atoms with Gasteiger partial charge in [0.1, 0.15) is 0 Å². The summed E-state index contributed by atoms with van der Waals surface area (Å²) in [6.45, 7) is 4.97. The van der Waals surface area contributed by atoms with E-state index in [4.69, 9.17) is 5.73 Å². The molecule has 0 saturated heterocycles. The highest BCUT2D eigenvalue weighted by Crippen LogP contribution is 2.25. The van der Waals surface area contributed by atoms with Crippen molar-refractivity contribution in [2.75, 3.05) is 6.54 Å². The van der Waals surface area contributed by atoms with E-state index in [1.54, 1.807) is 0 Å². The van der Waals surface area contributed by atoms with Crippen LogP contribution < -0.4 is 5.73 Å². The third-order valence-electron chi connectivity index (χ3n) is 3.57. The predicted octanol–water partition coefficient (Wildman–Crippen LogP) is 3.55. The lowest BCUT2D eigenvalue weighted by Crippen LogP contribution is -2.19. The number of hydrogen-bond acceptors (Lipinski definition) is 2. The summed E-state index contributed by atoms with van der Waals surface area (Å²) < 4.78 is 2.22. The van der Waals surface area contributed by atoms with Gasteiger partial charge in [-0.05, 0) is 18.9 Å². The van der Waals surface area contributed by atoms with Crippen LogP contribution >= 0.6 is 0 Å². The summed E-state index contributed by atoms with van der Waals surface area (Å²) in [7, 11) is 0. The number of rotatable bonds is 6. The molecule has 0 spiro atoms. The van der Waals surface area contributed by atoms with Crippen molar-refractivity contribution >= 4 is 0 Å². The zero-order valence-corrected chi connectivity index (χ0v) is 11.8. The molecule has 2 N–H and O–H groups in total. The largest absolute Gasteiger partial charge is 0.328 e. The van der Waals surface area contributed by atoms with Crippen molar-refractivity contribution in [3.05, 3.63) is 42.4 Å². The van der Waals surface area contributed by atoms with Crippen molar-refractivity contribution in [3.8, 4) is 11.3 Å². The van der Waals surface area contributed by atoms with Gasteiger partial charge in [-0.2, -0.15) is 0 Å². The van der Waals surface area contributed by atoms with E-state index in [2.05, 4.69) is 47.7 Å². The number of imidazole rings is 1. The lowest BCUT2D eigenvalue weighted by Gasteiger charge is -2.19. The molecule has 0 fully saturated rings. The molecule has 2 rings (SSSR count). The van der Waals surface area contributed by atoms with Crippen LogP contribution in [-0.4, -0.2) is 16.1 Å². The van der Waals surface area contributed by atoms with Crippen molar-refractivity contribution in [2.24, 2.45) is 5.73 Å². The zero-order chi connectivity index (χ0) is 13.7. The van der Waals surface area contributed by atoms with E-state index in [0.29, 0.717) is 12.6 Å². The first-order valence-electron chi connectivity index (χ1n) is 7.05. The number of aromatic nitrogens is 2. The minimum atomic E-state index is 0.346. The van der Waals surface area contributed by atoms with E-state index in [1.165, 1.54) is 24.0 Å². The first-order valence-corrected chi connectivity index (χ1v) is 7.05. The maximum absolute atomic E-state index is 5.93. The summed E-state index contributed by atoms with van der Waals surface area (Å²) in [6, 6.07) is 8.91. The fourth-order valence-electron chi connectivity index (χ4n) is 2.35. The Morgan fingerprint density at radius 1 is 1.26 bits per heavy atom. The Morgan fingerprint density at radius 3 is 2.63 bits per heavy atom. The quantitative estimate of drug-likeness (QED) is 0.860. The van der Waals surface area contributed by atoms with Crippen molar-refractivity contribution in [1.82, 2.24) is 9.55 Å². The monoisotopic (exact) mass is 257 g/mol. The van der Waals surface area contributed by atoms with Gasteiger partial charge in [0.2, 0.25) is 0 Å². The van der Waals surface area contributed by atoms with Crippen LogP contribution in [0.4, 0.5) is 0 Å². The third-order valence-corrected chi connectivity index (χ3v) is 3.57. The summed E-state index contributed by atoms with van der Waals surface area (Å²) >= 11 is 0. The molecule has 1 unspecified atom stereocenters. The maximum Gasteiger partial charge on any atom is 0.0954 e. The number of aryl methyl sites for hydroxylation is 1. The number of nitrogens with two attached hydrogens (primary N) is 1. The van der Waals surface area contributed by atoms with Crippen LogP contribution in [0, 0.1) is 6.92 Å². The zero-order valence-electron chi connectivity index (χ0n) is 11.8. The first-order chi connectivity index (χ1) is 9.26. The number of benzene rings is 1. The van der Waals surface area contributed by atoms with Crippen LogP contribution in [0.25, 0.3) is 11.3 Å². The van der Waals surface area contributed by atoms with E-state index in [0.717, 1.165) is 12.1 Å². The van der Waals surface area contributed by atoms with Crippen LogP contribution in [0.15, 0.2) is 36.8 Å². The van der Waals surface area contributed by atoms with Gasteiger partial charge in [-0.25, -0.2) is 4.98 Å². The van der Waals surface area contributed by atoms with Crippen molar-refractivity contribution < 1.29 is 0 Å². The molecule has 1 aromatic carbocycles. The van der Waals surface area contributed by atoms with Gasteiger partial charge in [0.15, 0.2) is 0 Å². The smallest absolute Gasteiger partial charge is 0.0954 e. The second-order valence-corrected chi connectivity index (χ2v) is 5.08. The van der Waals surface area contributed by atoms with E-state index >= 15 is 0 Å². The predicted molar refractivity (Wildman–Crippen MR) is 80.0 cm³/mol. The molecular weight excluding hydrogens is 234 g/mol. The molecule has 2 aromatic rings. The van der Waals surface area contributed by atoms with Crippen molar-refractivity contribution in [2.45, 2.75) is 39.2 Å². The molecule has 1 aromatic heterocycles. The van der Waals surface area contributed by atoms with Gasteiger partial charge in [0, 0.05) is 12.6 Å². The second kappa shape index (κ2) is 6.53. The summed E-state index contributed by atoms with van der Waals surface area (Å²) in [6.07, 6.45) is 7.35. The van der Waals surface area contributed by atoms with Gasteiger partial charge in [0.05, 0.1) is 18.2 Å².